The fourth-order valence-electron chi connectivity index (χ4n) is 3.70. The number of carbonyl (C=O) groups excluding carboxylic acids is 2. The number of rotatable bonds is 5. The van der Waals surface area contributed by atoms with E-state index in [-0.39, 0.29) is 17.7 Å². The number of piperidine rings is 1. The Labute approximate surface area is 162 Å². The van der Waals surface area contributed by atoms with E-state index in [1.165, 1.54) is 23.5 Å². The van der Waals surface area contributed by atoms with E-state index in [1.807, 2.05) is 18.4 Å². The molecule has 0 spiro atoms. The molecular weight excluding hydrogens is 365 g/mol. The van der Waals surface area contributed by atoms with Crippen molar-refractivity contribution >= 4 is 23.2 Å². The zero-order valence-corrected chi connectivity index (χ0v) is 16.5. The molecule has 1 aromatic heterocycles. The number of aryl methyl sites for hydroxylation is 1. The molecule has 144 valence electrons. The SMILES string of the molecule is CCOC(=O)C1(Cc2ccc(F)cc2)CCCN(C(=O)c2sccc2C)C1. The van der Waals surface area contributed by atoms with Gasteiger partial charge in [0.25, 0.3) is 5.91 Å². The average Bonchev–Trinajstić information content (AvgIpc) is 3.09. The molecule has 2 heterocycles. The van der Waals surface area contributed by atoms with E-state index < -0.39 is 5.41 Å². The first kappa shape index (κ1) is 19.5. The molecule has 0 radical (unpaired) electrons. The van der Waals surface area contributed by atoms with Crippen LogP contribution in [0.2, 0.25) is 0 Å². The zero-order valence-electron chi connectivity index (χ0n) is 15.7. The van der Waals surface area contributed by atoms with Crippen LogP contribution in [0.4, 0.5) is 4.39 Å². The highest BCUT2D eigenvalue weighted by atomic mass is 32.1. The fraction of sp³-hybridized carbons (Fsp3) is 0.429. The summed E-state index contributed by atoms with van der Waals surface area (Å²) in [4.78, 5) is 28.3. The molecular formula is C21H24FNO3S. The van der Waals surface area contributed by atoms with Crippen molar-refractivity contribution in [2.75, 3.05) is 19.7 Å². The number of esters is 1. The first-order chi connectivity index (χ1) is 12.9. The minimum Gasteiger partial charge on any atom is -0.466 e. The maximum absolute atomic E-state index is 13.3. The molecule has 1 aliphatic heterocycles. The van der Waals surface area contributed by atoms with E-state index in [4.69, 9.17) is 4.74 Å². The highest BCUT2D eigenvalue weighted by Gasteiger charge is 2.45. The Bertz CT molecular complexity index is 817. The van der Waals surface area contributed by atoms with Gasteiger partial charge < -0.3 is 9.64 Å². The lowest BCUT2D eigenvalue weighted by Crippen LogP contribution is -2.51. The molecule has 1 aromatic carbocycles. The van der Waals surface area contributed by atoms with Crippen LogP contribution in [-0.2, 0) is 16.0 Å². The number of ether oxygens (including phenoxy) is 1. The van der Waals surface area contributed by atoms with Gasteiger partial charge in [0.1, 0.15) is 5.82 Å². The first-order valence-corrected chi connectivity index (χ1v) is 10.1. The Hall–Kier alpha value is -2.21. The summed E-state index contributed by atoms with van der Waals surface area (Å²) in [5.41, 5.74) is 1.02. The third-order valence-corrected chi connectivity index (χ3v) is 6.09. The monoisotopic (exact) mass is 389 g/mol. The van der Waals surface area contributed by atoms with Crippen molar-refractivity contribution in [1.82, 2.24) is 4.90 Å². The summed E-state index contributed by atoms with van der Waals surface area (Å²) in [7, 11) is 0. The fourth-order valence-corrected chi connectivity index (χ4v) is 4.59. The van der Waals surface area contributed by atoms with Gasteiger partial charge in [0.05, 0.1) is 16.9 Å². The molecule has 1 saturated heterocycles. The Balaban J connectivity index is 1.87. The molecule has 1 aliphatic rings. The maximum Gasteiger partial charge on any atom is 0.314 e. The van der Waals surface area contributed by atoms with Crippen molar-refractivity contribution in [2.45, 2.75) is 33.1 Å². The molecule has 0 N–H and O–H groups in total. The largest absolute Gasteiger partial charge is 0.466 e. The Morgan fingerprint density at radius 1 is 1.26 bits per heavy atom. The summed E-state index contributed by atoms with van der Waals surface area (Å²) in [6.07, 6.45) is 1.81. The Kier molecular flexibility index (Phi) is 5.95. The minimum atomic E-state index is -0.799. The number of hydrogen-bond acceptors (Lipinski definition) is 4. The smallest absolute Gasteiger partial charge is 0.314 e. The van der Waals surface area contributed by atoms with Gasteiger partial charge in [-0.05, 0) is 67.8 Å². The second-order valence-corrected chi connectivity index (χ2v) is 7.98. The number of carbonyl (C=O) groups is 2. The number of hydrogen-bond donors (Lipinski definition) is 0. The van der Waals surface area contributed by atoms with Gasteiger partial charge in [-0.2, -0.15) is 0 Å². The molecule has 2 aromatic rings. The van der Waals surface area contributed by atoms with Crippen LogP contribution in [0.1, 0.15) is 40.6 Å². The van der Waals surface area contributed by atoms with Crippen molar-refractivity contribution in [1.29, 1.82) is 0 Å². The lowest BCUT2D eigenvalue weighted by Gasteiger charge is -2.41. The lowest BCUT2D eigenvalue weighted by molar-refractivity contribution is -0.158. The van der Waals surface area contributed by atoms with Crippen LogP contribution in [0.15, 0.2) is 35.7 Å². The Morgan fingerprint density at radius 2 is 2.00 bits per heavy atom. The summed E-state index contributed by atoms with van der Waals surface area (Å²) < 4.78 is 18.6. The predicted octanol–water partition coefficient (Wildman–Crippen LogP) is 4.22. The van der Waals surface area contributed by atoms with Crippen LogP contribution in [0.3, 0.4) is 0 Å². The van der Waals surface area contributed by atoms with E-state index in [1.54, 1.807) is 24.0 Å². The predicted molar refractivity (Wildman–Crippen MR) is 103 cm³/mol. The van der Waals surface area contributed by atoms with Crippen LogP contribution in [0.5, 0.6) is 0 Å². The highest BCUT2D eigenvalue weighted by Crippen LogP contribution is 2.36. The Morgan fingerprint density at radius 3 is 2.63 bits per heavy atom. The van der Waals surface area contributed by atoms with E-state index in [9.17, 15) is 14.0 Å². The first-order valence-electron chi connectivity index (χ1n) is 9.20. The van der Waals surface area contributed by atoms with Crippen LogP contribution in [-0.4, -0.2) is 36.5 Å². The van der Waals surface area contributed by atoms with Gasteiger partial charge in [0.15, 0.2) is 0 Å². The second-order valence-electron chi connectivity index (χ2n) is 7.07. The molecule has 0 saturated carbocycles. The number of benzene rings is 1. The van der Waals surface area contributed by atoms with E-state index >= 15 is 0 Å². The number of likely N-dealkylation sites (tertiary alicyclic amines) is 1. The molecule has 27 heavy (non-hydrogen) atoms. The summed E-state index contributed by atoms with van der Waals surface area (Å²) >= 11 is 1.43. The summed E-state index contributed by atoms with van der Waals surface area (Å²) in [6.45, 7) is 4.94. The standard InChI is InChI=1S/C21H24FNO3S/c1-3-26-20(25)21(13-16-5-7-17(22)8-6-16)10-4-11-23(14-21)19(24)18-15(2)9-12-27-18/h5-9,12H,3-4,10-11,13-14H2,1-2H3. The quantitative estimate of drug-likeness (QED) is 0.719. The molecule has 1 atom stereocenters. The van der Waals surface area contributed by atoms with E-state index in [0.717, 1.165) is 22.4 Å². The maximum atomic E-state index is 13.3. The molecule has 0 bridgehead atoms. The van der Waals surface area contributed by atoms with Crippen LogP contribution in [0.25, 0.3) is 0 Å². The zero-order chi connectivity index (χ0) is 19.4. The number of thiophene rings is 1. The van der Waals surface area contributed by atoms with Crippen molar-refractivity contribution in [3.8, 4) is 0 Å². The summed E-state index contributed by atoms with van der Waals surface area (Å²) in [5, 5.41) is 1.91. The van der Waals surface area contributed by atoms with Crippen molar-refractivity contribution in [3.63, 3.8) is 0 Å². The van der Waals surface area contributed by atoms with Crippen LogP contribution < -0.4 is 0 Å². The van der Waals surface area contributed by atoms with Gasteiger partial charge in [-0.15, -0.1) is 11.3 Å². The molecule has 0 aliphatic carbocycles. The van der Waals surface area contributed by atoms with Crippen molar-refractivity contribution < 1.29 is 18.7 Å². The van der Waals surface area contributed by atoms with Gasteiger partial charge in [-0.3, -0.25) is 9.59 Å². The average molecular weight is 389 g/mol. The van der Waals surface area contributed by atoms with Crippen LogP contribution in [0, 0.1) is 18.2 Å². The number of halogens is 1. The molecule has 1 fully saturated rings. The topological polar surface area (TPSA) is 46.6 Å². The van der Waals surface area contributed by atoms with E-state index in [2.05, 4.69) is 0 Å². The normalized spacial score (nSPS) is 19.7. The lowest BCUT2D eigenvalue weighted by atomic mass is 9.75. The number of nitrogens with zero attached hydrogens (tertiary/aromatic N) is 1. The van der Waals surface area contributed by atoms with Crippen molar-refractivity contribution in [3.05, 3.63) is 57.5 Å². The van der Waals surface area contributed by atoms with Crippen molar-refractivity contribution in [2.24, 2.45) is 5.41 Å². The third-order valence-electron chi connectivity index (χ3n) is 5.08. The molecule has 1 unspecified atom stereocenters. The third kappa shape index (κ3) is 4.21. The highest BCUT2D eigenvalue weighted by molar-refractivity contribution is 7.12. The molecule has 6 heteroatoms. The van der Waals surface area contributed by atoms with Gasteiger partial charge in [0, 0.05) is 13.1 Å². The summed E-state index contributed by atoms with van der Waals surface area (Å²) in [6, 6.07) is 8.11. The van der Waals surface area contributed by atoms with Crippen LogP contribution >= 0.6 is 11.3 Å². The van der Waals surface area contributed by atoms with Gasteiger partial charge in [0.2, 0.25) is 0 Å². The van der Waals surface area contributed by atoms with E-state index in [0.29, 0.717) is 32.5 Å². The van der Waals surface area contributed by atoms with Gasteiger partial charge in [-0.25, -0.2) is 4.39 Å². The van der Waals surface area contributed by atoms with Gasteiger partial charge in [-0.1, -0.05) is 12.1 Å². The summed E-state index contributed by atoms with van der Waals surface area (Å²) in [5.74, 6) is -0.623. The second kappa shape index (κ2) is 8.21. The molecule has 4 nitrogen and oxygen atoms in total. The minimum absolute atomic E-state index is 0.0324. The number of amides is 1. The molecule has 3 rings (SSSR count). The molecule has 1 amide bonds. The van der Waals surface area contributed by atoms with Gasteiger partial charge >= 0.3 is 5.97 Å².